The number of carbonyl (C=O) groups excluding carboxylic acids is 1. The van der Waals surface area contributed by atoms with Gasteiger partial charge in [-0.15, -0.1) is 0 Å². The summed E-state index contributed by atoms with van der Waals surface area (Å²) in [5, 5.41) is 14.0. The molecule has 0 spiro atoms. The van der Waals surface area contributed by atoms with Gasteiger partial charge < -0.3 is 15.2 Å². The van der Waals surface area contributed by atoms with Crippen LogP contribution in [0.25, 0.3) is 21.7 Å². The fourth-order valence-electron chi connectivity index (χ4n) is 3.35. The van der Waals surface area contributed by atoms with Crippen LogP contribution in [0.1, 0.15) is 5.69 Å². The first kappa shape index (κ1) is 20.5. The molecule has 2 aromatic carbocycles. The van der Waals surface area contributed by atoms with Crippen LogP contribution in [0.15, 0.2) is 53.5 Å². The summed E-state index contributed by atoms with van der Waals surface area (Å²) in [6, 6.07) is 12.5. The third-order valence-corrected chi connectivity index (χ3v) is 4.84. The molecule has 160 valence electrons. The lowest BCUT2D eigenvalue weighted by molar-refractivity contribution is -0.138. The van der Waals surface area contributed by atoms with Crippen molar-refractivity contribution in [3.05, 3.63) is 64.7 Å². The number of aromatic amines is 1. The van der Waals surface area contributed by atoms with Gasteiger partial charge in [-0.05, 0) is 42.6 Å². The molecule has 2 aromatic heterocycles. The van der Waals surface area contributed by atoms with E-state index in [0.717, 1.165) is 26.9 Å². The van der Waals surface area contributed by atoms with Crippen LogP contribution in [0.3, 0.4) is 0 Å². The highest BCUT2D eigenvalue weighted by atomic mass is 19.4. The lowest BCUT2D eigenvalue weighted by atomic mass is 10.1. The maximum Gasteiger partial charge on any atom is 0.405 e. The van der Waals surface area contributed by atoms with Gasteiger partial charge in [-0.2, -0.15) is 18.3 Å². The molecule has 4 aromatic rings. The molecule has 31 heavy (non-hydrogen) atoms. The number of fused-ring (bicyclic) bond motifs is 2. The summed E-state index contributed by atoms with van der Waals surface area (Å²) in [6.45, 7) is -0.0841. The molecule has 0 bridgehead atoms. The number of hydrogen-bond acceptors (Lipinski definition) is 4. The largest absolute Gasteiger partial charge is 0.405 e. The van der Waals surface area contributed by atoms with Gasteiger partial charge in [0.05, 0.1) is 22.3 Å². The minimum absolute atomic E-state index is 0.331. The molecule has 4 rings (SSSR count). The van der Waals surface area contributed by atoms with Crippen LogP contribution < -0.4 is 16.2 Å². The molecule has 3 N–H and O–H groups in total. The second-order valence-electron chi connectivity index (χ2n) is 7.10. The Labute approximate surface area is 173 Å². The van der Waals surface area contributed by atoms with Gasteiger partial charge in [-0.3, -0.25) is 14.7 Å². The van der Waals surface area contributed by atoms with E-state index < -0.39 is 30.7 Å². The number of amides is 1. The number of aryl methyl sites for hydroxylation is 1. The second-order valence-corrected chi connectivity index (χ2v) is 7.10. The molecule has 0 aliphatic heterocycles. The summed E-state index contributed by atoms with van der Waals surface area (Å²) in [4.78, 5) is 24.9. The lowest BCUT2D eigenvalue weighted by Gasteiger charge is -2.13. The van der Waals surface area contributed by atoms with Crippen molar-refractivity contribution in [2.75, 3.05) is 11.9 Å². The molecule has 10 heteroatoms. The topological polar surface area (TPSA) is 91.8 Å². The Morgan fingerprint density at radius 3 is 2.77 bits per heavy atom. The average Bonchev–Trinajstić information content (AvgIpc) is 3.08. The van der Waals surface area contributed by atoms with Crippen molar-refractivity contribution in [1.29, 1.82) is 0 Å². The minimum Gasteiger partial charge on any atom is -0.355 e. The van der Waals surface area contributed by atoms with E-state index in [0.29, 0.717) is 16.5 Å². The maximum atomic E-state index is 13.0. The van der Waals surface area contributed by atoms with Crippen molar-refractivity contribution < 1.29 is 18.0 Å². The highest BCUT2D eigenvalue weighted by Crippen LogP contribution is 2.26. The SMILES string of the molecule is Cc1n[nH]c2ccc(Nc3cccc4ccn(CC(=O)NCC(F)(F)F)c(=O)c34)cc12. The molecule has 0 radical (unpaired) electrons. The molecule has 7 nitrogen and oxygen atoms in total. The van der Waals surface area contributed by atoms with Crippen molar-refractivity contribution in [3.8, 4) is 0 Å². The first-order valence-electron chi connectivity index (χ1n) is 9.39. The third kappa shape index (κ3) is 4.37. The van der Waals surface area contributed by atoms with E-state index in [1.54, 1.807) is 29.6 Å². The summed E-state index contributed by atoms with van der Waals surface area (Å²) in [7, 11) is 0. The number of H-pyrrole nitrogens is 1. The molecule has 0 fully saturated rings. The zero-order valence-electron chi connectivity index (χ0n) is 16.4. The predicted octanol–water partition coefficient (Wildman–Crippen LogP) is 3.61. The van der Waals surface area contributed by atoms with Crippen LogP contribution in [0.2, 0.25) is 0 Å². The number of aromatic nitrogens is 3. The van der Waals surface area contributed by atoms with Gasteiger partial charge in [-0.1, -0.05) is 12.1 Å². The second kappa shape index (κ2) is 7.78. The van der Waals surface area contributed by atoms with E-state index in [9.17, 15) is 22.8 Å². The van der Waals surface area contributed by atoms with Crippen molar-refractivity contribution in [2.24, 2.45) is 0 Å². The number of nitrogens with zero attached hydrogens (tertiary/aromatic N) is 2. The average molecular weight is 429 g/mol. The van der Waals surface area contributed by atoms with Crippen molar-refractivity contribution in [1.82, 2.24) is 20.1 Å². The van der Waals surface area contributed by atoms with E-state index in [1.165, 1.54) is 6.20 Å². The Hall–Kier alpha value is -3.82. The highest BCUT2D eigenvalue weighted by Gasteiger charge is 2.27. The van der Waals surface area contributed by atoms with E-state index in [4.69, 9.17) is 0 Å². The first-order chi connectivity index (χ1) is 14.7. The van der Waals surface area contributed by atoms with Gasteiger partial charge in [0.2, 0.25) is 5.91 Å². The molecular formula is C21H18F3N5O2. The van der Waals surface area contributed by atoms with E-state index in [2.05, 4.69) is 15.5 Å². The van der Waals surface area contributed by atoms with Gasteiger partial charge in [0.25, 0.3) is 5.56 Å². The van der Waals surface area contributed by atoms with E-state index >= 15 is 0 Å². The van der Waals surface area contributed by atoms with Crippen LogP contribution in [-0.4, -0.2) is 33.4 Å². The molecule has 0 atom stereocenters. The standard InChI is InChI=1S/C21H18F3N5O2/c1-12-15-9-14(5-6-16(15)28-27-12)26-17-4-2-3-13-7-8-29(20(31)19(13)17)10-18(30)25-11-21(22,23)24/h2-9,26H,10-11H2,1H3,(H,25,30)(H,27,28). The van der Waals surface area contributed by atoms with Crippen LogP contribution in [-0.2, 0) is 11.3 Å². The van der Waals surface area contributed by atoms with E-state index in [-0.39, 0.29) is 0 Å². The van der Waals surface area contributed by atoms with Gasteiger partial charge in [0.15, 0.2) is 0 Å². The smallest absolute Gasteiger partial charge is 0.355 e. The molecule has 0 unspecified atom stereocenters. The number of alkyl halides is 3. The van der Waals surface area contributed by atoms with Gasteiger partial charge in [-0.25, -0.2) is 0 Å². The Kier molecular flexibility index (Phi) is 5.14. The van der Waals surface area contributed by atoms with E-state index in [1.807, 2.05) is 25.1 Å². The van der Waals surface area contributed by atoms with Gasteiger partial charge in [0, 0.05) is 17.3 Å². The van der Waals surface area contributed by atoms with Gasteiger partial charge in [0.1, 0.15) is 13.1 Å². The number of anilines is 2. The predicted molar refractivity (Wildman–Crippen MR) is 111 cm³/mol. The van der Waals surface area contributed by atoms with Crippen molar-refractivity contribution in [2.45, 2.75) is 19.6 Å². The fraction of sp³-hybridized carbons (Fsp3) is 0.190. The molecule has 2 heterocycles. The first-order valence-corrected chi connectivity index (χ1v) is 9.39. The monoisotopic (exact) mass is 429 g/mol. The van der Waals surface area contributed by atoms with Crippen LogP contribution in [0.5, 0.6) is 0 Å². The van der Waals surface area contributed by atoms with Gasteiger partial charge >= 0.3 is 6.18 Å². The normalized spacial score (nSPS) is 11.7. The summed E-state index contributed by atoms with van der Waals surface area (Å²) >= 11 is 0. The highest BCUT2D eigenvalue weighted by molar-refractivity contribution is 5.96. The van der Waals surface area contributed by atoms with Crippen LogP contribution in [0, 0.1) is 6.92 Å². The number of carbonyl (C=O) groups is 1. The zero-order chi connectivity index (χ0) is 22.2. The number of rotatable bonds is 5. The van der Waals surface area contributed by atoms with Crippen LogP contribution in [0.4, 0.5) is 24.5 Å². The third-order valence-electron chi connectivity index (χ3n) is 4.84. The summed E-state index contributed by atoms with van der Waals surface area (Å²) < 4.78 is 38.0. The Bertz CT molecular complexity index is 1340. The number of benzene rings is 2. The summed E-state index contributed by atoms with van der Waals surface area (Å²) in [5.74, 6) is -0.898. The Balaban J connectivity index is 1.66. The number of hydrogen-bond donors (Lipinski definition) is 3. The fourth-order valence-corrected chi connectivity index (χ4v) is 3.35. The Morgan fingerprint density at radius 2 is 2.00 bits per heavy atom. The number of nitrogens with one attached hydrogen (secondary N) is 3. The minimum atomic E-state index is -4.52. The summed E-state index contributed by atoms with van der Waals surface area (Å²) in [6.07, 6.45) is -3.13. The molecular weight excluding hydrogens is 411 g/mol. The van der Waals surface area contributed by atoms with Crippen molar-refractivity contribution in [3.63, 3.8) is 0 Å². The van der Waals surface area contributed by atoms with Crippen molar-refractivity contribution >= 4 is 39.0 Å². The Morgan fingerprint density at radius 1 is 1.19 bits per heavy atom. The lowest BCUT2D eigenvalue weighted by Crippen LogP contribution is -2.37. The quantitative estimate of drug-likeness (QED) is 0.452. The molecule has 0 saturated carbocycles. The zero-order valence-corrected chi connectivity index (χ0v) is 16.4. The molecule has 0 saturated heterocycles. The number of halogens is 3. The number of pyridine rings is 1. The summed E-state index contributed by atoms with van der Waals surface area (Å²) in [5.41, 5.74) is 2.50. The molecule has 0 aliphatic carbocycles. The molecule has 0 aliphatic rings. The maximum absolute atomic E-state index is 13.0. The van der Waals surface area contributed by atoms with Crippen LogP contribution >= 0.6 is 0 Å². The molecule has 1 amide bonds.